The highest BCUT2D eigenvalue weighted by atomic mass is 35.5. The number of carbonyl (C=O) groups excluding carboxylic acids is 3. The second-order valence-electron chi connectivity index (χ2n) is 4.77. The number of carbonyl (C=O) groups is 3. The molecule has 0 saturated carbocycles. The van der Waals surface area contributed by atoms with Gasteiger partial charge in [0.1, 0.15) is 0 Å². The van der Waals surface area contributed by atoms with E-state index in [1.54, 1.807) is 30.3 Å². The Morgan fingerprint density at radius 3 is 2.52 bits per heavy atom. The van der Waals surface area contributed by atoms with Crippen molar-refractivity contribution in [2.24, 2.45) is 10.8 Å². The van der Waals surface area contributed by atoms with Crippen LogP contribution in [0.2, 0.25) is 10.0 Å². The number of anilines is 1. The first kappa shape index (κ1) is 18.4. The molecule has 0 saturated heterocycles. The van der Waals surface area contributed by atoms with Gasteiger partial charge in [-0.05, 0) is 35.9 Å². The molecular formula is C16H12Cl2N4O3. The van der Waals surface area contributed by atoms with Crippen molar-refractivity contribution in [3.63, 3.8) is 0 Å². The van der Waals surface area contributed by atoms with Crippen molar-refractivity contribution < 1.29 is 14.4 Å². The number of nitrogens with one attached hydrogen (secondary N) is 2. The predicted octanol–water partition coefficient (Wildman–Crippen LogP) is 2.18. The number of hydrogen-bond donors (Lipinski definition) is 3. The summed E-state index contributed by atoms with van der Waals surface area (Å²) in [5, 5.41) is 6.94. The van der Waals surface area contributed by atoms with Gasteiger partial charge in [0.25, 0.3) is 5.91 Å². The second-order valence-corrected chi connectivity index (χ2v) is 5.61. The molecule has 128 valence electrons. The van der Waals surface area contributed by atoms with Crippen LogP contribution < -0.4 is 16.5 Å². The van der Waals surface area contributed by atoms with E-state index in [9.17, 15) is 14.4 Å². The van der Waals surface area contributed by atoms with Crippen LogP contribution in [0.15, 0.2) is 47.6 Å². The molecule has 0 radical (unpaired) electrons. The van der Waals surface area contributed by atoms with Crippen LogP contribution >= 0.6 is 23.2 Å². The number of rotatable bonds is 4. The summed E-state index contributed by atoms with van der Waals surface area (Å²) in [4.78, 5) is 33.8. The molecule has 25 heavy (non-hydrogen) atoms. The van der Waals surface area contributed by atoms with Gasteiger partial charge in [-0.25, -0.2) is 5.43 Å². The average molecular weight is 379 g/mol. The van der Waals surface area contributed by atoms with Gasteiger partial charge >= 0.3 is 11.8 Å². The molecule has 2 aromatic rings. The maximum Gasteiger partial charge on any atom is 0.329 e. The van der Waals surface area contributed by atoms with E-state index in [0.717, 1.165) is 0 Å². The van der Waals surface area contributed by atoms with Crippen molar-refractivity contribution >= 4 is 52.8 Å². The Kier molecular flexibility index (Phi) is 6.10. The fourth-order valence-electron chi connectivity index (χ4n) is 1.79. The lowest BCUT2D eigenvalue weighted by Gasteiger charge is -2.07. The second kappa shape index (κ2) is 8.27. The standard InChI is InChI=1S/C16H12Cl2N4O3/c17-10-4-5-12(13(18)7-10)15(24)21-11-3-1-2-9(6-11)8-20-22-16(25)14(19)23/h1-8H,(H2,19,23)(H,21,24)(H,22,25)/b20-8-. The van der Waals surface area contributed by atoms with Crippen LogP contribution in [-0.4, -0.2) is 23.9 Å². The van der Waals surface area contributed by atoms with E-state index in [2.05, 4.69) is 10.4 Å². The first-order valence-electron chi connectivity index (χ1n) is 6.86. The van der Waals surface area contributed by atoms with Gasteiger partial charge in [-0.3, -0.25) is 14.4 Å². The predicted molar refractivity (Wildman–Crippen MR) is 95.8 cm³/mol. The number of benzene rings is 2. The van der Waals surface area contributed by atoms with E-state index in [0.29, 0.717) is 16.3 Å². The smallest absolute Gasteiger partial charge is 0.329 e. The van der Waals surface area contributed by atoms with Gasteiger partial charge in [0, 0.05) is 10.7 Å². The van der Waals surface area contributed by atoms with Crippen LogP contribution in [0.3, 0.4) is 0 Å². The van der Waals surface area contributed by atoms with Crippen molar-refractivity contribution in [2.45, 2.75) is 0 Å². The van der Waals surface area contributed by atoms with Gasteiger partial charge in [-0.2, -0.15) is 5.10 Å². The lowest BCUT2D eigenvalue weighted by molar-refractivity contribution is -0.137. The molecule has 0 aliphatic rings. The Bertz CT molecular complexity index is 868. The van der Waals surface area contributed by atoms with Crippen LogP contribution in [0.1, 0.15) is 15.9 Å². The van der Waals surface area contributed by atoms with E-state index in [1.165, 1.54) is 18.3 Å². The van der Waals surface area contributed by atoms with Gasteiger partial charge < -0.3 is 11.1 Å². The highest BCUT2D eigenvalue weighted by Gasteiger charge is 2.11. The van der Waals surface area contributed by atoms with Crippen LogP contribution in [-0.2, 0) is 9.59 Å². The molecule has 0 unspecified atom stereocenters. The van der Waals surface area contributed by atoms with Crippen LogP contribution in [0.5, 0.6) is 0 Å². The largest absolute Gasteiger partial charge is 0.361 e. The maximum absolute atomic E-state index is 12.3. The molecule has 0 atom stereocenters. The number of hydrazone groups is 1. The van der Waals surface area contributed by atoms with Gasteiger partial charge in [-0.1, -0.05) is 35.3 Å². The summed E-state index contributed by atoms with van der Waals surface area (Å²) in [5.41, 5.74) is 8.09. The zero-order valence-corrected chi connectivity index (χ0v) is 14.1. The van der Waals surface area contributed by atoms with Gasteiger partial charge in [0.15, 0.2) is 0 Å². The lowest BCUT2D eigenvalue weighted by Crippen LogP contribution is -2.32. The van der Waals surface area contributed by atoms with Gasteiger partial charge in [0.05, 0.1) is 16.8 Å². The van der Waals surface area contributed by atoms with Crippen LogP contribution in [0.4, 0.5) is 5.69 Å². The molecule has 0 aliphatic heterocycles. The molecule has 7 nitrogen and oxygen atoms in total. The maximum atomic E-state index is 12.3. The van der Waals surface area contributed by atoms with Crippen LogP contribution in [0, 0.1) is 0 Å². The summed E-state index contributed by atoms with van der Waals surface area (Å²) in [7, 11) is 0. The van der Waals surface area contributed by atoms with Crippen LogP contribution in [0.25, 0.3) is 0 Å². The van der Waals surface area contributed by atoms with E-state index in [-0.39, 0.29) is 10.6 Å². The molecule has 0 bridgehead atoms. The summed E-state index contributed by atoms with van der Waals surface area (Å²) < 4.78 is 0. The average Bonchev–Trinajstić information content (AvgIpc) is 2.54. The van der Waals surface area contributed by atoms with E-state index in [4.69, 9.17) is 28.9 Å². The van der Waals surface area contributed by atoms with Gasteiger partial charge in [0.2, 0.25) is 0 Å². The number of halogens is 2. The summed E-state index contributed by atoms with van der Waals surface area (Å²) in [5.74, 6) is -2.58. The highest BCUT2D eigenvalue weighted by molar-refractivity contribution is 6.37. The molecule has 0 heterocycles. The first-order chi connectivity index (χ1) is 11.9. The third-order valence-electron chi connectivity index (χ3n) is 2.92. The normalized spacial score (nSPS) is 10.5. The minimum Gasteiger partial charge on any atom is -0.361 e. The highest BCUT2D eigenvalue weighted by Crippen LogP contribution is 2.22. The Morgan fingerprint density at radius 2 is 1.84 bits per heavy atom. The summed E-state index contributed by atoms with van der Waals surface area (Å²) in [6.45, 7) is 0. The molecule has 2 aromatic carbocycles. The van der Waals surface area contributed by atoms with Crippen molar-refractivity contribution in [1.29, 1.82) is 0 Å². The van der Waals surface area contributed by atoms with Gasteiger partial charge in [-0.15, -0.1) is 0 Å². The Hall–Kier alpha value is -2.90. The van der Waals surface area contributed by atoms with Crippen molar-refractivity contribution in [3.8, 4) is 0 Å². The third-order valence-corrected chi connectivity index (χ3v) is 3.47. The zero-order chi connectivity index (χ0) is 18.4. The number of primary amides is 1. The molecule has 0 aliphatic carbocycles. The van der Waals surface area contributed by atoms with E-state index < -0.39 is 17.7 Å². The monoisotopic (exact) mass is 378 g/mol. The molecule has 4 N–H and O–H groups in total. The lowest BCUT2D eigenvalue weighted by atomic mass is 10.2. The molecule has 2 rings (SSSR count). The van der Waals surface area contributed by atoms with Crippen molar-refractivity contribution in [3.05, 3.63) is 63.6 Å². The van der Waals surface area contributed by atoms with E-state index >= 15 is 0 Å². The minimum atomic E-state index is -1.14. The Labute approximate surface area is 152 Å². The topological polar surface area (TPSA) is 114 Å². The molecular weight excluding hydrogens is 367 g/mol. The quantitative estimate of drug-likeness (QED) is 0.430. The Morgan fingerprint density at radius 1 is 1.08 bits per heavy atom. The minimum absolute atomic E-state index is 0.233. The van der Waals surface area contributed by atoms with Crippen molar-refractivity contribution in [2.75, 3.05) is 5.32 Å². The number of amides is 3. The van der Waals surface area contributed by atoms with Crippen molar-refractivity contribution in [1.82, 2.24) is 5.43 Å². The SMILES string of the molecule is NC(=O)C(=O)N/N=C\c1cccc(NC(=O)c2ccc(Cl)cc2Cl)c1. The third kappa shape index (κ3) is 5.30. The fourth-order valence-corrected chi connectivity index (χ4v) is 2.28. The Balaban J connectivity index is 2.08. The number of nitrogens with zero attached hydrogens (tertiary/aromatic N) is 1. The fraction of sp³-hybridized carbons (Fsp3) is 0. The zero-order valence-electron chi connectivity index (χ0n) is 12.6. The number of nitrogens with two attached hydrogens (primary N) is 1. The molecule has 3 amide bonds. The first-order valence-corrected chi connectivity index (χ1v) is 7.61. The molecule has 0 fully saturated rings. The van der Waals surface area contributed by atoms with E-state index in [1.807, 2.05) is 5.43 Å². The molecule has 0 aromatic heterocycles. The summed E-state index contributed by atoms with van der Waals surface area (Å²) >= 11 is 11.8. The summed E-state index contributed by atoms with van der Waals surface area (Å²) in [6, 6.07) is 11.2. The number of hydrogen-bond acceptors (Lipinski definition) is 4. The summed E-state index contributed by atoms with van der Waals surface area (Å²) in [6.07, 6.45) is 1.30. The molecule has 0 spiro atoms. The molecule has 9 heteroatoms.